The number of methoxy groups -OCH3 is 1. The molecule has 156 valence electrons. The van der Waals surface area contributed by atoms with Gasteiger partial charge in [0, 0.05) is 17.3 Å². The van der Waals surface area contributed by atoms with Crippen molar-refractivity contribution in [3.05, 3.63) is 47.9 Å². The molecule has 1 unspecified atom stereocenters. The zero-order chi connectivity index (χ0) is 21.4. The highest BCUT2D eigenvalue weighted by molar-refractivity contribution is 7.80. The number of thiocarbonyl (C=S) groups is 1. The second-order valence-electron chi connectivity index (χ2n) is 7.46. The molecule has 0 aliphatic carbocycles. The quantitative estimate of drug-likeness (QED) is 0.701. The number of pyridine rings is 1. The summed E-state index contributed by atoms with van der Waals surface area (Å²) < 4.78 is 56.1. The highest BCUT2D eigenvalue weighted by Crippen LogP contribution is 2.48. The van der Waals surface area contributed by atoms with Crippen LogP contribution in [0.15, 0.2) is 36.5 Å². The third-order valence-electron chi connectivity index (χ3n) is 5.08. The van der Waals surface area contributed by atoms with Crippen LogP contribution in [0.3, 0.4) is 0 Å². The second-order valence-corrected chi connectivity index (χ2v) is 7.95. The number of aromatic nitrogens is 1. The molecule has 0 amide bonds. The Morgan fingerprint density at radius 2 is 1.86 bits per heavy atom. The summed E-state index contributed by atoms with van der Waals surface area (Å²) in [6, 6.07) is 7.29. The van der Waals surface area contributed by atoms with E-state index in [0.29, 0.717) is 17.3 Å². The zero-order valence-electron chi connectivity index (χ0n) is 16.5. The highest BCUT2D eigenvalue weighted by atomic mass is 32.1. The molecular weight excluding hydrogens is 403 g/mol. The van der Waals surface area contributed by atoms with E-state index in [0.717, 1.165) is 6.07 Å². The summed E-state index contributed by atoms with van der Waals surface area (Å²) in [5.74, 6) is -3.83. The van der Waals surface area contributed by atoms with Crippen molar-refractivity contribution in [3.8, 4) is 5.88 Å². The molecule has 5 nitrogen and oxygen atoms in total. The maximum absolute atomic E-state index is 15.5. The van der Waals surface area contributed by atoms with Crippen LogP contribution >= 0.6 is 12.2 Å². The summed E-state index contributed by atoms with van der Waals surface area (Å²) in [5, 5.41) is 5.66. The molecule has 2 N–H and O–H groups in total. The van der Waals surface area contributed by atoms with E-state index in [1.54, 1.807) is 12.1 Å². The Morgan fingerprint density at radius 1 is 1.17 bits per heavy atom. The number of hydrogen-bond acceptors (Lipinski definition) is 5. The molecule has 9 heteroatoms. The fourth-order valence-electron chi connectivity index (χ4n) is 3.30. The molecule has 1 saturated heterocycles. The van der Waals surface area contributed by atoms with Gasteiger partial charge in [0.05, 0.1) is 25.6 Å². The molecule has 1 aliphatic heterocycles. The third-order valence-corrected chi connectivity index (χ3v) is 5.30. The van der Waals surface area contributed by atoms with Gasteiger partial charge in [-0.2, -0.15) is 0 Å². The van der Waals surface area contributed by atoms with E-state index in [4.69, 9.17) is 21.7 Å². The van der Waals surface area contributed by atoms with Crippen LogP contribution in [0, 0.1) is 5.82 Å². The molecule has 29 heavy (non-hydrogen) atoms. The van der Waals surface area contributed by atoms with Gasteiger partial charge in [-0.1, -0.05) is 12.2 Å². The van der Waals surface area contributed by atoms with Crippen LogP contribution in [0.5, 0.6) is 5.88 Å². The molecule has 0 spiro atoms. The molecule has 1 aliphatic rings. The molecule has 2 heterocycles. The average Bonchev–Trinajstić information content (AvgIpc) is 2.73. The summed E-state index contributed by atoms with van der Waals surface area (Å²) >= 11 is 5.12. The normalized spacial score (nSPS) is 23.1. The zero-order valence-corrected chi connectivity index (χ0v) is 17.3. The molecule has 1 fully saturated rings. The SMILES string of the molecule is COc1ccc(Nc2ccc(F)c(C3(C)NC(=S)COC(C)(C)C3(F)F)c2)cn1. The number of benzene rings is 1. The van der Waals surface area contributed by atoms with E-state index in [9.17, 15) is 4.39 Å². The van der Waals surface area contributed by atoms with Crippen molar-refractivity contribution in [1.29, 1.82) is 0 Å². The van der Waals surface area contributed by atoms with Gasteiger partial charge in [-0.15, -0.1) is 0 Å². The Hall–Kier alpha value is -2.39. The standard InChI is InChI=1S/C20H22F3N3O2S/c1-18(2)20(22,23)19(3,26-17(29)11-28-18)14-9-12(5-7-15(14)21)25-13-6-8-16(27-4)24-10-13/h5-10,25H,11H2,1-4H3,(H,26,29). The number of hydrogen-bond donors (Lipinski definition) is 2. The molecule has 0 saturated carbocycles. The summed E-state index contributed by atoms with van der Waals surface area (Å²) in [5.41, 5.74) is -3.21. The number of anilines is 2. The minimum atomic E-state index is -3.48. The van der Waals surface area contributed by atoms with Crippen LogP contribution in [0.2, 0.25) is 0 Å². The summed E-state index contributed by atoms with van der Waals surface area (Å²) in [4.78, 5) is 4.16. The van der Waals surface area contributed by atoms with Crippen molar-refractivity contribution in [2.24, 2.45) is 0 Å². The van der Waals surface area contributed by atoms with Crippen molar-refractivity contribution >= 4 is 28.6 Å². The van der Waals surface area contributed by atoms with Crippen LogP contribution in [-0.4, -0.2) is 35.2 Å². The fraction of sp³-hybridized carbons (Fsp3) is 0.400. The van der Waals surface area contributed by atoms with E-state index in [-0.39, 0.29) is 17.2 Å². The van der Waals surface area contributed by atoms with Crippen molar-refractivity contribution in [1.82, 2.24) is 10.3 Å². The van der Waals surface area contributed by atoms with E-state index < -0.39 is 22.9 Å². The molecule has 1 aromatic heterocycles. The third kappa shape index (κ3) is 3.76. The lowest BCUT2D eigenvalue weighted by Gasteiger charge is -2.44. The lowest BCUT2D eigenvalue weighted by molar-refractivity contribution is -0.216. The summed E-state index contributed by atoms with van der Waals surface area (Å²) in [6.07, 6.45) is 1.52. The molecule has 0 bridgehead atoms. The molecule has 3 rings (SSSR count). The van der Waals surface area contributed by atoms with Gasteiger partial charge in [-0.3, -0.25) is 0 Å². The van der Waals surface area contributed by atoms with Gasteiger partial charge in [0.15, 0.2) is 0 Å². The van der Waals surface area contributed by atoms with Gasteiger partial charge in [0.2, 0.25) is 5.88 Å². The van der Waals surface area contributed by atoms with Gasteiger partial charge in [-0.25, -0.2) is 18.2 Å². The first-order chi connectivity index (χ1) is 13.5. The minimum absolute atomic E-state index is 0.0786. The maximum atomic E-state index is 15.5. The summed E-state index contributed by atoms with van der Waals surface area (Å²) in [6.45, 7) is 3.59. The first kappa shape index (κ1) is 21.3. The minimum Gasteiger partial charge on any atom is -0.481 e. The molecular formula is C20H22F3N3O2S. The number of nitrogens with zero attached hydrogens (tertiary/aromatic N) is 1. The Morgan fingerprint density at radius 3 is 2.48 bits per heavy atom. The predicted molar refractivity (Wildman–Crippen MR) is 109 cm³/mol. The smallest absolute Gasteiger partial charge is 0.302 e. The van der Waals surface area contributed by atoms with Crippen LogP contribution in [-0.2, 0) is 10.3 Å². The Labute approximate surface area is 172 Å². The lowest BCUT2D eigenvalue weighted by Crippen LogP contribution is -2.62. The monoisotopic (exact) mass is 425 g/mol. The van der Waals surface area contributed by atoms with Gasteiger partial charge in [-0.05, 0) is 45.0 Å². The summed E-state index contributed by atoms with van der Waals surface area (Å²) in [7, 11) is 1.50. The van der Waals surface area contributed by atoms with Crippen LogP contribution in [0.1, 0.15) is 26.3 Å². The van der Waals surface area contributed by atoms with Crippen molar-refractivity contribution in [2.75, 3.05) is 19.0 Å². The first-order valence-electron chi connectivity index (χ1n) is 8.90. The van der Waals surface area contributed by atoms with E-state index >= 15 is 8.78 Å². The lowest BCUT2D eigenvalue weighted by atomic mass is 9.77. The van der Waals surface area contributed by atoms with Gasteiger partial charge in [0.25, 0.3) is 0 Å². The number of alkyl halides is 2. The molecule has 0 radical (unpaired) electrons. The number of ether oxygens (including phenoxy) is 2. The van der Waals surface area contributed by atoms with Crippen molar-refractivity contribution in [2.45, 2.75) is 37.8 Å². The number of rotatable bonds is 4. The van der Waals surface area contributed by atoms with Gasteiger partial charge >= 0.3 is 5.92 Å². The van der Waals surface area contributed by atoms with Gasteiger partial charge < -0.3 is 20.1 Å². The largest absolute Gasteiger partial charge is 0.481 e. The molecule has 2 aromatic rings. The first-order valence-corrected chi connectivity index (χ1v) is 9.31. The van der Waals surface area contributed by atoms with Crippen LogP contribution in [0.4, 0.5) is 24.5 Å². The van der Waals surface area contributed by atoms with E-state index in [1.165, 1.54) is 46.2 Å². The average molecular weight is 425 g/mol. The predicted octanol–water partition coefficient (Wildman–Crippen LogP) is 4.55. The highest BCUT2D eigenvalue weighted by Gasteiger charge is 2.64. The van der Waals surface area contributed by atoms with Gasteiger partial charge in [0.1, 0.15) is 21.9 Å². The van der Waals surface area contributed by atoms with E-state index in [2.05, 4.69) is 15.6 Å². The van der Waals surface area contributed by atoms with Crippen molar-refractivity contribution < 1.29 is 22.6 Å². The Bertz CT molecular complexity index is 922. The van der Waals surface area contributed by atoms with Crippen molar-refractivity contribution in [3.63, 3.8) is 0 Å². The molecule has 1 aromatic carbocycles. The topological polar surface area (TPSA) is 55.4 Å². The fourth-order valence-corrected chi connectivity index (χ4v) is 3.56. The Balaban J connectivity index is 2.04. The van der Waals surface area contributed by atoms with Crippen LogP contribution < -0.4 is 15.4 Å². The Kier molecular flexibility index (Phi) is 5.48. The molecule has 1 atom stereocenters. The number of halogens is 3. The van der Waals surface area contributed by atoms with Crippen LogP contribution in [0.25, 0.3) is 0 Å². The van der Waals surface area contributed by atoms with E-state index in [1.807, 2.05) is 0 Å². The maximum Gasteiger partial charge on any atom is 0.302 e. The second kappa shape index (κ2) is 7.46. The number of nitrogens with one attached hydrogen (secondary N) is 2.